The van der Waals surface area contributed by atoms with E-state index in [-0.39, 0.29) is 23.4 Å². The lowest BCUT2D eigenvalue weighted by Gasteiger charge is -2.28. The number of anilines is 2. The van der Waals surface area contributed by atoms with Crippen LogP contribution in [-0.4, -0.2) is 64.6 Å². The fourth-order valence-electron chi connectivity index (χ4n) is 5.31. The number of carbonyl (C=O) groups excluding carboxylic acids is 1. The number of hydrogen-bond donors (Lipinski definition) is 2. The molecular formula is C26H34N4O4S. The molecule has 1 unspecified atom stereocenters. The van der Waals surface area contributed by atoms with Gasteiger partial charge in [-0.3, -0.25) is 4.79 Å². The monoisotopic (exact) mass is 498 g/mol. The third-order valence-corrected chi connectivity index (χ3v) is 9.06. The Labute approximate surface area is 207 Å². The Bertz CT molecular complexity index is 1160. The van der Waals surface area contributed by atoms with E-state index in [1.807, 2.05) is 18.2 Å². The predicted octanol–water partition coefficient (Wildman–Crippen LogP) is 2.91. The molecule has 1 atom stereocenters. The van der Waals surface area contributed by atoms with Crippen molar-refractivity contribution in [2.45, 2.75) is 43.0 Å². The number of benzene rings is 2. The Morgan fingerprint density at radius 3 is 2.57 bits per heavy atom. The molecular weight excluding hydrogens is 464 g/mol. The molecule has 0 radical (unpaired) electrons. The van der Waals surface area contributed by atoms with E-state index in [0.29, 0.717) is 32.0 Å². The van der Waals surface area contributed by atoms with E-state index in [0.717, 1.165) is 50.9 Å². The SMILES string of the molecule is O=C(CNc1cc(S(=O)(=O)N2CCOCC2)ccc1N1CCCC1)NC1CCCc2ccccc21. The van der Waals surface area contributed by atoms with E-state index in [9.17, 15) is 13.2 Å². The van der Waals surface area contributed by atoms with Gasteiger partial charge in [-0.2, -0.15) is 4.31 Å². The average Bonchev–Trinajstić information content (AvgIpc) is 3.43. The molecule has 0 spiro atoms. The van der Waals surface area contributed by atoms with E-state index in [1.165, 1.54) is 15.4 Å². The first kappa shape index (κ1) is 24.1. The molecule has 5 rings (SSSR count). The van der Waals surface area contributed by atoms with Crippen molar-refractivity contribution in [1.82, 2.24) is 9.62 Å². The van der Waals surface area contributed by atoms with Crippen molar-refractivity contribution in [3.63, 3.8) is 0 Å². The molecule has 2 saturated heterocycles. The lowest BCUT2D eigenvalue weighted by atomic mass is 9.88. The quantitative estimate of drug-likeness (QED) is 0.610. The van der Waals surface area contributed by atoms with Gasteiger partial charge in [-0.25, -0.2) is 8.42 Å². The topological polar surface area (TPSA) is 91.0 Å². The van der Waals surface area contributed by atoms with Crippen LogP contribution in [0, 0.1) is 0 Å². The smallest absolute Gasteiger partial charge is 0.243 e. The summed E-state index contributed by atoms with van der Waals surface area (Å²) >= 11 is 0. The Kier molecular flexibility index (Phi) is 7.27. The van der Waals surface area contributed by atoms with Gasteiger partial charge in [0.15, 0.2) is 0 Å². The number of amides is 1. The van der Waals surface area contributed by atoms with Crippen molar-refractivity contribution < 1.29 is 17.9 Å². The van der Waals surface area contributed by atoms with Crippen molar-refractivity contribution in [2.24, 2.45) is 0 Å². The molecule has 8 nitrogen and oxygen atoms in total. The van der Waals surface area contributed by atoms with Crippen LogP contribution in [0.4, 0.5) is 11.4 Å². The Balaban J connectivity index is 1.33. The number of nitrogens with one attached hydrogen (secondary N) is 2. The third kappa shape index (κ3) is 5.32. The van der Waals surface area contributed by atoms with Gasteiger partial charge < -0.3 is 20.3 Å². The molecule has 0 saturated carbocycles. The number of sulfonamides is 1. The summed E-state index contributed by atoms with van der Waals surface area (Å²) in [4.78, 5) is 15.4. The summed E-state index contributed by atoms with van der Waals surface area (Å²) in [5.74, 6) is -0.0967. The van der Waals surface area contributed by atoms with Gasteiger partial charge in [0.1, 0.15) is 0 Å². The zero-order valence-corrected chi connectivity index (χ0v) is 20.9. The molecule has 2 aromatic rings. The van der Waals surface area contributed by atoms with E-state index >= 15 is 0 Å². The number of fused-ring (bicyclic) bond motifs is 1. The first-order valence-corrected chi connectivity index (χ1v) is 14.0. The normalized spacial score (nSPS) is 20.9. The van der Waals surface area contributed by atoms with Crippen LogP contribution >= 0.6 is 0 Å². The van der Waals surface area contributed by atoms with E-state index in [1.54, 1.807) is 12.1 Å². The molecule has 2 fully saturated rings. The molecule has 2 heterocycles. The second-order valence-corrected chi connectivity index (χ2v) is 11.4. The van der Waals surface area contributed by atoms with Crippen LogP contribution in [0.5, 0.6) is 0 Å². The summed E-state index contributed by atoms with van der Waals surface area (Å²) in [7, 11) is -3.63. The zero-order chi connectivity index (χ0) is 24.3. The van der Waals surface area contributed by atoms with Gasteiger partial charge in [-0.1, -0.05) is 24.3 Å². The summed E-state index contributed by atoms with van der Waals surface area (Å²) in [5.41, 5.74) is 4.12. The molecule has 2 aliphatic heterocycles. The highest BCUT2D eigenvalue weighted by Gasteiger charge is 2.28. The Hall–Kier alpha value is -2.62. The number of morpholine rings is 1. The first-order valence-electron chi connectivity index (χ1n) is 12.6. The molecule has 35 heavy (non-hydrogen) atoms. The van der Waals surface area contributed by atoms with Crippen molar-refractivity contribution >= 4 is 27.3 Å². The number of hydrogen-bond acceptors (Lipinski definition) is 6. The van der Waals surface area contributed by atoms with Crippen LogP contribution in [-0.2, 0) is 26.0 Å². The van der Waals surface area contributed by atoms with Crippen LogP contribution in [0.2, 0.25) is 0 Å². The lowest BCUT2D eigenvalue weighted by Crippen LogP contribution is -2.40. The Morgan fingerprint density at radius 2 is 1.77 bits per heavy atom. The highest BCUT2D eigenvalue weighted by molar-refractivity contribution is 7.89. The molecule has 2 aromatic carbocycles. The second kappa shape index (κ2) is 10.6. The van der Waals surface area contributed by atoms with Gasteiger partial charge >= 0.3 is 0 Å². The van der Waals surface area contributed by atoms with Crippen LogP contribution < -0.4 is 15.5 Å². The fraction of sp³-hybridized carbons (Fsp3) is 0.500. The highest BCUT2D eigenvalue weighted by Crippen LogP contribution is 2.33. The summed E-state index contributed by atoms with van der Waals surface area (Å²) in [6.07, 6.45) is 5.24. The lowest BCUT2D eigenvalue weighted by molar-refractivity contribution is -0.120. The summed E-state index contributed by atoms with van der Waals surface area (Å²) in [6, 6.07) is 13.5. The maximum absolute atomic E-state index is 13.2. The van der Waals surface area contributed by atoms with Crippen molar-refractivity contribution in [3.8, 4) is 0 Å². The van der Waals surface area contributed by atoms with Crippen LogP contribution in [0.25, 0.3) is 0 Å². The minimum atomic E-state index is -3.63. The molecule has 9 heteroatoms. The molecule has 3 aliphatic rings. The molecule has 2 N–H and O–H groups in total. The average molecular weight is 499 g/mol. The van der Waals surface area contributed by atoms with Crippen LogP contribution in [0.15, 0.2) is 47.4 Å². The zero-order valence-electron chi connectivity index (χ0n) is 20.0. The maximum Gasteiger partial charge on any atom is 0.243 e. The minimum Gasteiger partial charge on any atom is -0.379 e. The number of rotatable bonds is 7. The summed E-state index contributed by atoms with van der Waals surface area (Å²) in [6.45, 7) is 3.45. The summed E-state index contributed by atoms with van der Waals surface area (Å²) < 4.78 is 33.3. The predicted molar refractivity (Wildman–Crippen MR) is 136 cm³/mol. The van der Waals surface area contributed by atoms with Gasteiger partial charge in [0.05, 0.1) is 42.1 Å². The van der Waals surface area contributed by atoms with Gasteiger partial charge in [0, 0.05) is 26.2 Å². The van der Waals surface area contributed by atoms with Crippen molar-refractivity contribution in [3.05, 3.63) is 53.6 Å². The van der Waals surface area contributed by atoms with Gasteiger partial charge in [-0.15, -0.1) is 0 Å². The van der Waals surface area contributed by atoms with E-state index in [2.05, 4.69) is 27.7 Å². The minimum absolute atomic E-state index is 0.0142. The maximum atomic E-state index is 13.2. The van der Waals surface area contributed by atoms with Gasteiger partial charge in [0.25, 0.3) is 0 Å². The summed E-state index contributed by atoms with van der Waals surface area (Å²) in [5, 5.41) is 6.43. The van der Waals surface area contributed by atoms with Gasteiger partial charge in [0.2, 0.25) is 15.9 Å². The first-order chi connectivity index (χ1) is 17.0. The molecule has 1 amide bonds. The number of aryl methyl sites for hydroxylation is 1. The standard InChI is InChI=1S/C26H34N4O4S/c31-26(28-23-9-5-7-20-6-1-2-8-22(20)23)19-27-24-18-21(10-11-25(24)29-12-3-4-13-29)35(32,33)30-14-16-34-17-15-30/h1-2,6,8,10-11,18,23,27H,3-5,7,9,12-17,19H2,(H,28,31). The largest absolute Gasteiger partial charge is 0.379 e. The fourth-order valence-corrected chi connectivity index (χ4v) is 6.75. The molecule has 188 valence electrons. The number of ether oxygens (including phenoxy) is 1. The van der Waals surface area contributed by atoms with Gasteiger partial charge in [-0.05, 0) is 61.4 Å². The van der Waals surface area contributed by atoms with E-state index < -0.39 is 10.0 Å². The number of nitrogens with zero attached hydrogens (tertiary/aromatic N) is 2. The Morgan fingerprint density at radius 1 is 1.00 bits per heavy atom. The molecule has 1 aliphatic carbocycles. The van der Waals surface area contributed by atoms with Crippen LogP contribution in [0.3, 0.4) is 0 Å². The van der Waals surface area contributed by atoms with Crippen molar-refractivity contribution in [2.75, 3.05) is 56.2 Å². The molecule has 0 bridgehead atoms. The molecule has 0 aromatic heterocycles. The van der Waals surface area contributed by atoms with Crippen molar-refractivity contribution in [1.29, 1.82) is 0 Å². The van der Waals surface area contributed by atoms with Crippen LogP contribution in [0.1, 0.15) is 42.9 Å². The second-order valence-electron chi connectivity index (χ2n) is 9.45. The third-order valence-electron chi connectivity index (χ3n) is 7.17. The number of carbonyl (C=O) groups is 1. The van der Waals surface area contributed by atoms with E-state index in [4.69, 9.17) is 4.74 Å². The highest BCUT2D eigenvalue weighted by atomic mass is 32.2.